The van der Waals surface area contributed by atoms with Crippen LogP contribution in [0.1, 0.15) is 27.2 Å². The highest BCUT2D eigenvalue weighted by molar-refractivity contribution is 7.67. The van der Waals surface area contributed by atoms with Crippen molar-refractivity contribution in [2.75, 3.05) is 0 Å². The van der Waals surface area contributed by atoms with E-state index in [1.807, 2.05) is 0 Å². The van der Waals surface area contributed by atoms with Gasteiger partial charge in [0.05, 0.1) is 7.11 Å². The number of hydrogen-bond acceptors (Lipinski definition) is 1. The molecule has 1 nitrogen and oxygen atoms in total. The lowest BCUT2D eigenvalue weighted by atomic mass is 10.2. The molecule has 1 heterocycles. The fourth-order valence-corrected chi connectivity index (χ4v) is 37.4. The van der Waals surface area contributed by atoms with Crippen molar-refractivity contribution in [3.8, 4) is 0 Å². The summed E-state index contributed by atoms with van der Waals surface area (Å²) in [5.41, 5.74) is 0.161. The Morgan fingerprint density at radius 3 is 2.00 bits per heavy atom. The summed E-state index contributed by atoms with van der Waals surface area (Å²) in [6, 6.07) is 2.75. The molecule has 1 aliphatic heterocycles. The van der Waals surface area contributed by atoms with Crippen LogP contribution in [-0.2, 0) is 4.43 Å². The highest BCUT2D eigenvalue weighted by Crippen LogP contribution is 2.45. The quantitative estimate of drug-likeness (QED) is 0.680. The van der Waals surface area contributed by atoms with E-state index in [9.17, 15) is 0 Å². The van der Waals surface area contributed by atoms with E-state index in [1.54, 1.807) is 0 Å². The van der Waals surface area contributed by atoms with Gasteiger partial charge >= 0.3 is 0 Å². The molecule has 1 fully saturated rings. The van der Waals surface area contributed by atoms with Gasteiger partial charge < -0.3 is 4.43 Å². The molecule has 0 aromatic rings. The van der Waals surface area contributed by atoms with Gasteiger partial charge in [-0.3, -0.25) is 0 Å². The van der Waals surface area contributed by atoms with Gasteiger partial charge in [-0.05, 0) is 32.5 Å². The lowest BCUT2D eigenvalue weighted by Crippen LogP contribution is -2.78. The largest absolute Gasteiger partial charge is 0.415 e. The fraction of sp³-hybridized carbons (Fsp3) is 1.00. The molecule has 16 heavy (non-hydrogen) atoms. The molecule has 0 saturated carbocycles. The first-order valence-electron chi connectivity index (χ1n) is 6.68. The van der Waals surface area contributed by atoms with Crippen molar-refractivity contribution in [3.63, 3.8) is 0 Å². The van der Waals surface area contributed by atoms with Crippen LogP contribution in [0, 0.1) is 0 Å². The molecule has 0 radical (unpaired) electrons. The average molecular weight is 275 g/mol. The van der Waals surface area contributed by atoms with Crippen LogP contribution in [0.25, 0.3) is 0 Å². The second-order valence-corrected chi connectivity index (χ2v) is 34.3. The van der Waals surface area contributed by atoms with E-state index in [0.717, 1.165) is 0 Å². The summed E-state index contributed by atoms with van der Waals surface area (Å²) in [5, 5.41) is 0. The summed E-state index contributed by atoms with van der Waals surface area (Å²) in [4.78, 5) is 0. The van der Waals surface area contributed by atoms with Crippen LogP contribution in [0.3, 0.4) is 0 Å². The predicted octanol–water partition coefficient (Wildman–Crippen LogP) is 4.35. The standard InChI is InChI=1S/C12H30OSi3/c1-9-10-16(8)13-12(2,3)11-14(4,5)15(16,6)7/h9-11H2,1-8H3. The summed E-state index contributed by atoms with van der Waals surface area (Å²) >= 11 is 0. The van der Waals surface area contributed by atoms with Crippen molar-refractivity contribution in [2.45, 2.75) is 77.6 Å². The third kappa shape index (κ3) is 2.26. The van der Waals surface area contributed by atoms with Crippen molar-refractivity contribution in [3.05, 3.63) is 0 Å². The van der Waals surface area contributed by atoms with Crippen LogP contribution < -0.4 is 0 Å². The highest BCUT2D eigenvalue weighted by Gasteiger charge is 2.61. The zero-order chi connectivity index (χ0) is 12.8. The SMILES string of the molecule is CCC[Si]1(C)OC(C)(C)C[Si](C)(C)[Si]1(C)C. The van der Waals surface area contributed by atoms with E-state index in [0.29, 0.717) is 0 Å². The molecule has 1 unspecified atom stereocenters. The van der Waals surface area contributed by atoms with Crippen LogP contribution in [0.4, 0.5) is 0 Å². The predicted molar refractivity (Wildman–Crippen MR) is 81.7 cm³/mol. The Labute approximate surface area is 105 Å². The Kier molecular flexibility index (Phi) is 3.73. The molecule has 0 spiro atoms. The van der Waals surface area contributed by atoms with E-state index in [-0.39, 0.29) is 5.60 Å². The van der Waals surface area contributed by atoms with Crippen LogP contribution >= 0.6 is 0 Å². The van der Waals surface area contributed by atoms with Gasteiger partial charge in [0.2, 0.25) is 0 Å². The van der Waals surface area contributed by atoms with Crippen LogP contribution in [0.5, 0.6) is 0 Å². The van der Waals surface area contributed by atoms with E-state index >= 15 is 0 Å². The van der Waals surface area contributed by atoms with Crippen LogP contribution in [0.2, 0.25) is 44.8 Å². The first-order valence-corrected chi connectivity index (χ1v) is 17.5. The topological polar surface area (TPSA) is 9.23 Å². The van der Waals surface area contributed by atoms with Gasteiger partial charge in [-0.15, -0.1) is 0 Å². The molecule has 0 aromatic heterocycles. The summed E-state index contributed by atoms with van der Waals surface area (Å²) in [5.74, 6) is 0. The number of hydrogen-bond donors (Lipinski definition) is 0. The van der Waals surface area contributed by atoms with Gasteiger partial charge in [0.25, 0.3) is 0 Å². The second-order valence-electron chi connectivity index (χ2n) is 7.53. The molecule has 0 N–H and O–H groups in total. The molecule has 0 bridgehead atoms. The first kappa shape index (κ1) is 14.7. The van der Waals surface area contributed by atoms with Crippen molar-refractivity contribution < 1.29 is 4.43 Å². The molecular weight excluding hydrogens is 244 g/mol. The first-order chi connectivity index (χ1) is 6.97. The van der Waals surface area contributed by atoms with Gasteiger partial charge in [0, 0.05) is 13.2 Å². The lowest BCUT2D eigenvalue weighted by molar-refractivity contribution is 0.120. The maximum absolute atomic E-state index is 6.69. The zero-order valence-corrected chi connectivity index (χ0v) is 15.5. The van der Waals surface area contributed by atoms with Crippen molar-refractivity contribution in [2.24, 2.45) is 0 Å². The Balaban J connectivity index is 3.15. The maximum Gasteiger partial charge on any atom is 0.174 e. The summed E-state index contributed by atoms with van der Waals surface area (Å²) in [7, 11) is -3.61. The van der Waals surface area contributed by atoms with Crippen molar-refractivity contribution in [1.82, 2.24) is 0 Å². The zero-order valence-electron chi connectivity index (χ0n) is 12.5. The van der Waals surface area contributed by atoms with Gasteiger partial charge in [-0.1, -0.05) is 39.5 Å². The Bertz CT molecular complexity index is 273. The van der Waals surface area contributed by atoms with Crippen molar-refractivity contribution >= 4 is 22.5 Å². The Morgan fingerprint density at radius 1 is 1.06 bits per heavy atom. The minimum atomic E-state index is -1.43. The molecule has 1 aliphatic rings. The van der Waals surface area contributed by atoms with E-state index in [2.05, 4.69) is 53.5 Å². The summed E-state index contributed by atoms with van der Waals surface area (Å²) < 4.78 is 6.69. The van der Waals surface area contributed by atoms with Gasteiger partial charge in [0.15, 0.2) is 7.83 Å². The fourth-order valence-electron chi connectivity index (χ4n) is 3.62. The van der Waals surface area contributed by atoms with Crippen LogP contribution in [-0.4, -0.2) is 28.1 Å². The summed E-state index contributed by atoms with van der Waals surface area (Å²) in [6.07, 6.45) is 1.31. The minimum Gasteiger partial charge on any atom is -0.415 e. The number of rotatable bonds is 2. The molecule has 1 rings (SSSR count). The lowest BCUT2D eigenvalue weighted by Gasteiger charge is -2.59. The maximum atomic E-state index is 6.69. The molecule has 0 amide bonds. The monoisotopic (exact) mass is 274 g/mol. The van der Waals surface area contributed by atoms with Crippen LogP contribution in [0.15, 0.2) is 0 Å². The molecule has 4 heteroatoms. The summed E-state index contributed by atoms with van der Waals surface area (Å²) in [6.45, 7) is 20.0. The van der Waals surface area contributed by atoms with Crippen molar-refractivity contribution in [1.29, 1.82) is 0 Å². The minimum absolute atomic E-state index is 0.161. The Morgan fingerprint density at radius 2 is 1.56 bits per heavy atom. The molecule has 1 atom stereocenters. The normalized spacial score (nSPS) is 36.0. The second kappa shape index (κ2) is 4.07. The smallest absolute Gasteiger partial charge is 0.174 e. The third-order valence-corrected chi connectivity index (χ3v) is 45.9. The molecular formula is C12H30OSi3. The van der Waals surface area contributed by atoms with E-state index < -0.39 is 22.5 Å². The molecule has 0 aliphatic carbocycles. The Hall–Kier alpha value is 0.611. The molecule has 1 saturated heterocycles. The van der Waals surface area contributed by atoms with E-state index in [4.69, 9.17) is 4.43 Å². The highest BCUT2D eigenvalue weighted by atomic mass is 29.6. The van der Waals surface area contributed by atoms with Gasteiger partial charge in [0.1, 0.15) is 0 Å². The molecule has 96 valence electrons. The third-order valence-electron chi connectivity index (χ3n) is 5.11. The van der Waals surface area contributed by atoms with Gasteiger partial charge in [-0.25, -0.2) is 0 Å². The van der Waals surface area contributed by atoms with Gasteiger partial charge in [-0.2, -0.15) is 0 Å². The van der Waals surface area contributed by atoms with E-state index in [1.165, 1.54) is 18.5 Å². The molecule has 0 aromatic carbocycles. The average Bonchev–Trinajstić information content (AvgIpc) is 1.97.